The average molecular weight is 334 g/mol. The van der Waals surface area contributed by atoms with Crippen molar-refractivity contribution in [2.45, 2.75) is 6.92 Å². The average Bonchev–Trinajstić information content (AvgIpc) is 3.27. The highest BCUT2D eigenvalue weighted by molar-refractivity contribution is 5.74. The van der Waals surface area contributed by atoms with E-state index in [2.05, 4.69) is 30.9 Å². The molecule has 7 nitrogen and oxygen atoms in total. The third-order valence-electron chi connectivity index (χ3n) is 4.63. The van der Waals surface area contributed by atoms with Gasteiger partial charge in [-0.2, -0.15) is 14.6 Å². The normalized spacial score (nSPS) is 15.4. The fraction of sp³-hybridized carbons (Fsp3) is 0.278. The molecule has 0 aliphatic carbocycles. The maximum Gasteiger partial charge on any atom is 0.298 e. The standard InChI is InChI=1S/C18H18N6O/c1-13-12-17(24-16(20-13)6-7-19-24)22-8-10-23(11-9-22)18-21-14-4-2-3-5-15(14)25-18/h2-7,12H,8-11H2,1H3. The minimum absolute atomic E-state index is 0.705. The van der Waals surface area contributed by atoms with Crippen LogP contribution < -0.4 is 9.80 Å². The summed E-state index contributed by atoms with van der Waals surface area (Å²) in [5.41, 5.74) is 3.63. The second-order valence-electron chi connectivity index (χ2n) is 6.30. The quantitative estimate of drug-likeness (QED) is 0.561. The van der Waals surface area contributed by atoms with E-state index >= 15 is 0 Å². The van der Waals surface area contributed by atoms with E-state index in [1.807, 2.05) is 41.8 Å². The molecule has 0 atom stereocenters. The zero-order valence-electron chi connectivity index (χ0n) is 14.0. The van der Waals surface area contributed by atoms with Gasteiger partial charge in [0.2, 0.25) is 0 Å². The van der Waals surface area contributed by atoms with Crippen LogP contribution in [0.4, 0.5) is 11.8 Å². The van der Waals surface area contributed by atoms with Crippen LogP contribution in [0.15, 0.2) is 47.0 Å². The van der Waals surface area contributed by atoms with Gasteiger partial charge in [0.15, 0.2) is 11.2 Å². The van der Waals surface area contributed by atoms with Crippen LogP contribution in [-0.4, -0.2) is 45.8 Å². The Morgan fingerprint density at radius 3 is 2.60 bits per heavy atom. The number of para-hydroxylation sites is 2. The van der Waals surface area contributed by atoms with Gasteiger partial charge in [-0.15, -0.1) is 0 Å². The lowest BCUT2D eigenvalue weighted by atomic mass is 10.3. The molecular weight excluding hydrogens is 316 g/mol. The maximum atomic E-state index is 5.89. The predicted octanol–water partition coefficient (Wildman–Crippen LogP) is 2.51. The van der Waals surface area contributed by atoms with Crippen molar-refractivity contribution in [1.29, 1.82) is 0 Å². The van der Waals surface area contributed by atoms with E-state index in [1.54, 1.807) is 6.20 Å². The van der Waals surface area contributed by atoms with Crippen molar-refractivity contribution < 1.29 is 4.42 Å². The molecule has 5 rings (SSSR count). The van der Waals surface area contributed by atoms with Crippen molar-refractivity contribution in [3.05, 3.63) is 48.3 Å². The number of oxazole rings is 1. The molecule has 1 fully saturated rings. The third kappa shape index (κ3) is 2.39. The molecule has 126 valence electrons. The van der Waals surface area contributed by atoms with E-state index in [0.29, 0.717) is 6.01 Å². The molecule has 1 aromatic carbocycles. The van der Waals surface area contributed by atoms with E-state index < -0.39 is 0 Å². The van der Waals surface area contributed by atoms with Gasteiger partial charge in [0, 0.05) is 44.0 Å². The van der Waals surface area contributed by atoms with E-state index in [-0.39, 0.29) is 0 Å². The van der Waals surface area contributed by atoms with Crippen LogP contribution in [0.3, 0.4) is 0 Å². The predicted molar refractivity (Wildman–Crippen MR) is 96.2 cm³/mol. The summed E-state index contributed by atoms with van der Waals surface area (Å²) in [6.07, 6.45) is 1.79. The molecule has 3 aromatic heterocycles. The molecule has 0 bridgehead atoms. The molecule has 0 radical (unpaired) electrons. The zero-order chi connectivity index (χ0) is 16.8. The third-order valence-corrected chi connectivity index (χ3v) is 4.63. The van der Waals surface area contributed by atoms with Gasteiger partial charge >= 0.3 is 0 Å². The molecule has 0 amide bonds. The minimum Gasteiger partial charge on any atom is -0.423 e. The van der Waals surface area contributed by atoms with Crippen LogP contribution in [0.25, 0.3) is 16.7 Å². The molecule has 0 saturated carbocycles. The number of fused-ring (bicyclic) bond motifs is 2. The molecule has 4 heterocycles. The monoisotopic (exact) mass is 334 g/mol. The Hall–Kier alpha value is -3.09. The topological polar surface area (TPSA) is 62.7 Å². The Balaban J connectivity index is 1.39. The lowest BCUT2D eigenvalue weighted by molar-refractivity contribution is 0.539. The molecular formula is C18H18N6O. The van der Waals surface area contributed by atoms with Crippen molar-refractivity contribution in [3.63, 3.8) is 0 Å². The number of piperazine rings is 1. The Morgan fingerprint density at radius 1 is 0.960 bits per heavy atom. The van der Waals surface area contributed by atoms with E-state index in [0.717, 1.165) is 54.4 Å². The number of aryl methyl sites for hydroxylation is 1. The smallest absolute Gasteiger partial charge is 0.298 e. The molecule has 0 unspecified atom stereocenters. The molecule has 1 saturated heterocycles. The number of benzene rings is 1. The van der Waals surface area contributed by atoms with Crippen molar-refractivity contribution in [2.24, 2.45) is 0 Å². The maximum absolute atomic E-state index is 5.89. The van der Waals surface area contributed by atoms with Crippen LogP contribution >= 0.6 is 0 Å². The van der Waals surface area contributed by atoms with Gasteiger partial charge in [-0.05, 0) is 19.1 Å². The largest absolute Gasteiger partial charge is 0.423 e. The van der Waals surface area contributed by atoms with E-state index in [1.165, 1.54) is 0 Å². The van der Waals surface area contributed by atoms with Crippen molar-refractivity contribution in [3.8, 4) is 0 Å². The fourth-order valence-electron chi connectivity index (χ4n) is 3.37. The first kappa shape index (κ1) is 14.3. The summed E-state index contributed by atoms with van der Waals surface area (Å²) >= 11 is 0. The summed E-state index contributed by atoms with van der Waals surface area (Å²) < 4.78 is 7.80. The summed E-state index contributed by atoms with van der Waals surface area (Å²) in [6, 6.07) is 12.6. The SMILES string of the molecule is Cc1cc(N2CCN(c3nc4ccccc4o3)CC2)n2nccc2n1. The fourth-order valence-corrected chi connectivity index (χ4v) is 3.37. The number of hydrogen-bond acceptors (Lipinski definition) is 6. The van der Waals surface area contributed by atoms with Crippen LogP contribution in [0, 0.1) is 6.92 Å². The van der Waals surface area contributed by atoms with Gasteiger partial charge in [-0.25, -0.2) is 4.98 Å². The Morgan fingerprint density at radius 2 is 1.76 bits per heavy atom. The molecule has 0 N–H and O–H groups in total. The van der Waals surface area contributed by atoms with Crippen molar-refractivity contribution in [1.82, 2.24) is 19.6 Å². The van der Waals surface area contributed by atoms with Crippen LogP contribution in [0.5, 0.6) is 0 Å². The molecule has 4 aromatic rings. The highest BCUT2D eigenvalue weighted by atomic mass is 16.4. The lowest BCUT2D eigenvalue weighted by Crippen LogP contribution is -2.47. The molecule has 7 heteroatoms. The van der Waals surface area contributed by atoms with Gasteiger partial charge in [0.25, 0.3) is 6.01 Å². The Bertz CT molecular complexity index is 1010. The lowest BCUT2D eigenvalue weighted by Gasteiger charge is -2.35. The van der Waals surface area contributed by atoms with Gasteiger partial charge in [0.1, 0.15) is 11.3 Å². The molecule has 1 aliphatic heterocycles. The number of nitrogens with zero attached hydrogens (tertiary/aromatic N) is 6. The first-order valence-corrected chi connectivity index (χ1v) is 8.45. The summed E-state index contributed by atoms with van der Waals surface area (Å²) in [5, 5.41) is 4.41. The summed E-state index contributed by atoms with van der Waals surface area (Å²) in [7, 11) is 0. The second-order valence-corrected chi connectivity index (χ2v) is 6.30. The van der Waals surface area contributed by atoms with Crippen molar-refractivity contribution in [2.75, 3.05) is 36.0 Å². The van der Waals surface area contributed by atoms with E-state index in [9.17, 15) is 0 Å². The zero-order valence-corrected chi connectivity index (χ0v) is 14.0. The Labute approximate surface area is 144 Å². The van der Waals surface area contributed by atoms with Gasteiger partial charge in [0.05, 0.1) is 6.20 Å². The summed E-state index contributed by atoms with van der Waals surface area (Å²) in [6.45, 7) is 5.51. The number of anilines is 2. The molecule has 0 spiro atoms. The number of rotatable bonds is 2. The highest BCUT2D eigenvalue weighted by Crippen LogP contribution is 2.24. The highest BCUT2D eigenvalue weighted by Gasteiger charge is 2.23. The first-order chi connectivity index (χ1) is 12.3. The van der Waals surface area contributed by atoms with Gasteiger partial charge in [-0.3, -0.25) is 0 Å². The molecule has 1 aliphatic rings. The summed E-state index contributed by atoms with van der Waals surface area (Å²) in [5.74, 6) is 1.09. The number of hydrogen-bond donors (Lipinski definition) is 0. The second kappa shape index (κ2) is 5.47. The van der Waals surface area contributed by atoms with Crippen LogP contribution in [0.2, 0.25) is 0 Å². The van der Waals surface area contributed by atoms with Crippen LogP contribution in [0.1, 0.15) is 5.69 Å². The van der Waals surface area contributed by atoms with Crippen molar-refractivity contribution >= 4 is 28.6 Å². The van der Waals surface area contributed by atoms with Gasteiger partial charge < -0.3 is 14.2 Å². The molecule has 25 heavy (non-hydrogen) atoms. The Kier molecular flexibility index (Phi) is 3.12. The van der Waals surface area contributed by atoms with E-state index in [4.69, 9.17) is 4.42 Å². The minimum atomic E-state index is 0.705. The first-order valence-electron chi connectivity index (χ1n) is 8.45. The van der Waals surface area contributed by atoms with Crippen LogP contribution in [-0.2, 0) is 0 Å². The number of aromatic nitrogens is 4. The summed E-state index contributed by atoms with van der Waals surface area (Å²) in [4.78, 5) is 13.7. The van der Waals surface area contributed by atoms with Gasteiger partial charge in [-0.1, -0.05) is 12.1 Å².